The zero-order valence-corrected chi connectivity index (χ0v) is 13.4. The Kier molecular flexibility index (Phi) is 3.98. The first-order valence-corrected chi connectivity index (χ1v) is 8.10. The predicted octanol–water partition coefficient (Wildman–Crippen LogP) is 3.19. The molecule has 1 aliphatic heterocycles. The largest absolute Gasteiger partial charge is 0.448 e. The molecule has 5 heteroatoms. The lowest BCUT2D eigenvalue weighted by Gasteiger charge is -2.21. The van der Waals surface area contributed by atoms with Gasteiger partial charge in [0.25, 0.3) is 5.91 Å². The number of thiophene rings is 1. The van der Waals surface area contributed by atoms with E-state index in [0.29, 0.717) is 11.4 Å². The molecule has 0 saturated carbocycles. The van der Waals surface area contributed by atoms with Crippen molar-refractivity contribution in [3.05, 3.63) is 51.7 Å². The lowest BCUT2D eigenvalue weighted by molar-refractivity contribution is -0.126. The molecule has 1 aromatic carbocycles. The number of amides is 1. The molecule has 114 valence electrons. The molecule has 0 bridgehead atoms. The van der Waals surface area contributed by atoms with Crippen LogP contribution in [-0.4, -0.2) is 24.5 Å². The van der Waals surface area contributed by atoms with E-state index in [2.05, 4.69) is 0 Å². The fourth-order valence-corrected chi connectivity index (χ4v) is 3.44. The number of carbonyl (C=O) groups is 2. The van der Waals surface area contributed by atoms with E-state index < -0.39 is 12.1 Å². The van der Waals surface area contributed by atoms with Crippen molar-refractivity contribution < 1.29 is 14.3 Å². The minimum atomic E-state index is -0.792. The molecule has 4 nitrogen and oxygen atoms in total. The van der Waals surface area contributed by atoms with E-state index in [1.165, 1.54) is 11.3 Å². The molecule has 3 rings (SSSR count). The Morgan fingerprint density at radius 3 is 2.77 bits per heavy atom. The van der Waals surface area contributed by atoms with Crippen LogP contribution in [0, 0.1) is 6.92 Å². The Labute approximate surface area is 133 Å². The third kappa shape index (κ3) is 2.64. The fraction of sp³-hybridized carbons (Fsp3) is 0.294. The van der Waals surface area contributed by atoms with Crippen LogP contribution >= 0.6 is 11.3 Å². The maximum absolute atomic E-state index is 12.6. The van der Waals surface area contributed by atoms with Crippen LogP contribution in [0.4, 0.5) is 5.69 Å². The first-order valence-electron chi connectivity index (χ1n) is 7.22. The minimum absolute atomic E-state index is 0.174. The second-order valence-electron chi connectivity index (χ2n) is 5.35. The highest BCUT2D eigenvalue weighted by atomic mass is 32.1. The summed E-state index contributed by atoms with van der Waals surface area (Å²) in [6, 6.07) is 9.70. The van der Waals surface area contributed by atoms with E-state index in [9.17, 15) is 9.59 Å². The number of aryl methyl sites for hydroxylation is 1. The molecule has 0 spiro atoms. The molecule has 2 aromatic rings. The van der Waals surface area contributed by atoms with E-state index in [1.54, 1.807) is 11.8 Å². The van der Waals surface area contributed by atoms with Gasteiger partial charge in [0.2, 0.25) is 0 Å². The normalized spacial score (nSPS) is 14.5. The van der Waals surface area contributed by atoms with Gasteiger partial charge in [-0.2, -0.15) is 0 Å². The standard InChI is InChI=1S/C17H17NO3S/c1-11-8-10-22-15(11)17(20)21-12(2)16(19)18-9-7-13-5-3-4-6-14(13)18/h3-6,8,10,12H,7,9H2,1-2H3. The van der Waals surface area contributed by atoms with E-state index >= 15 is 0 Å². The average molecular weight is 315 g/mol. The molecule has 0 saturated heterocycles. The smallest absolute Gasteiger partial charge is 0.349 e. The summed E-state index contributed by atoms with van der Waals surface area (Å²) in [5.41, 5.74) is 2.95. The van der Waals surface area contributed by atoms with Gasteiger partial charge in [-0.25, -0.2) is 4.79 Å². The monoisotopic (exact) mass is 315 g/mol. The summed E-state index contributed by atoms with van der Waals surface area (Å²) in [7, 11) is 0. The molecule has 1 amide bonds. The first kappa shape index (κ1) is 14.8. The lowest BCUT2D eigenvalue weighted by Crippen LogP contribution is -2.39. The Morgan fingerprint density at radius 1 is 1.27 bits per heavy atom. The molecule has 22 heavy (non-hydrogen) atoms. The SMILES string of the molecule is Cc1ccsc1C(=O)OC(C)C(=O)N1CCc2ccccc21. The van der Waals surface area contributed by atoms with E-state index in [4.69, 9.17) is 4.74 Å². The van der Waals surface area contributed by atoms with Crippen LogP contribution in [0.1, 0.15) is 27.7 Å². The number of benzene rings is 1. The molecule has 1 unspecified atom stereocenters. The number of carbonyl (C=O) groups excluding carboxylic acids is 2. The van der Waals surface area contributed by atoms with E-state index in [-0.39, 0.29) is 5.91 Å². The Bertz CT molecular complexity index is 722. The molecular formula is C17H17NO3S. The quantitative estimate of drug-likeness (QED) is 0.817. The molecule has 0 radical (unpaired) electrons. The number of anilines is 1. The van der Waals surface area contributed by atoms with Crippen LogP contribution in [0.2, 0.25) is 0 Å². The third-order valence-corrected chi connectivity index (χ3v) is 4.83. The van der Waals surface area contributed by atoms with Crippen molar-refractivity contribution >= 4 is 28.9 Å². The number of ether oxygens (including phenoxy) is 1. The highest BCUT2D eigenvalue weighted by Crippen LogP contribution is 2.28. The van der Waals surface area contributed by atoms with Crippen molar-refractivity contribution in [2.75, 3.05) is 11.4 Å². The Balaban J connectivity index is 1.71. The highest BCUT2D eigenvalue weighted by molar-refractivity contribution is 7.12. The van der Waals surface area contributed by atoms with Gasteiger partial charge in [-0.05, 0) is 48.9 Å². The van der Waals surface area contributed by atoms with Crippen molar-refractivity contribution in [2.45, 2.75) is 26.4 Å². The second kappa shape index (κ2) is 5.93. The number of fused-ring (bicyclic) bond motifs is 1. The summed E-state index contributed by atoms with van der Waals surface area (Å²) in [6.45, 7) is 4.12. The number of nitrogens with zero attached hydrogens (tertiary/aromatic N) is 1. The topological polar surface area (TPSA) is 46.6 Å². The summed E-state index contributed by atoms with van der Waals surface area (Å²) >= 11 is 1.33. The van der Waals surface area contributed by atoms with Crippen molar-refractivity contribution in [2.24, 2.45) is 0 Å². The molecular weight excluding hydrogens is 298 g/mol. The molecule has 1 atom stereocenters. The van der Waals surface area contributed by atoms with Crippen molar-refractivity contribution in [1.29, 1.82) is 0 Å². The number of rotatable bonds is 3. The van der Waals surface area contributed by atoms with Gasteiger partial charge in [-0.1, -0.05) is 18.2 Å². The minimum Gasteiger partial charge on any atom is -0.448 e. The molecule has 2 heterocycles. The number of hydrogen-bond donors (Lipinski definition) is 0. The maximum Gasteiger partial charge on any atom is 0.349 e. The lowest BCUT2D eigenvalue weighted by atomic mass is 10.2. The number of para-hydroxylation sites is 1. The summed E-state index contributed by atoms with van der Waals surface area (Å²) in [6.07, 6.45) is 0.0484. The van der Waals surface area contributed by atoms with Gasteiger partial charge in [-0.15, -0.1) is 11.3 Å². The van der Waals surface area contributed by atoms with Crippen LogP contribution in [0.15, 0.2) is 35.7 Å². The van der Waals surface area contributed by atoms with Crippen molar-refractivity contribution in [3.63, 3.8) is 0 Å². The zero-order valence-electron chi connectivity index (χ0n) is 12.5. The van der Waals surface area contributed by atoms with Gasteiger partial charge >= 0.3 is 5.97 Å². The maximum atomic E-state index is 12.6. The number of esters is 1. The average Bonchev–Trinajstić information content (AvgIpc) is 3.12. The van der Waals surface area contributed by atoms with Crippen LogP contribution in [0.25, 0.3) is 0 Å². The molecule has 0 fully saturated rings. The summed E-state index contributed by atoms with van der Waals surface area (Å²) in [5.74, 6) is -0.603. The van der Waals surface area contributed by atoms with E-state index in [0.717, 1.165) is 23.2 Å². The Hall–Kier alpha value is -2.14. The molecule has 1 aliphatic rings. The summed E-state index contributed by atoms with van der Waals surface area (Å²) < 4.78 is 5.35. The van der Waals surface area contributed by atoms with Crippen molar-refractivity contribution in [3.8, 4) is 0 Å². The summed E-state index contributed by atoms with van der Waals surface area (Å²) in [5, 5.41) is 1.84. The van der Waals surface area contributed by atoms with Gasteiger partial charge in [0.1, 0.15) is 4.88 Å². The third-order valence-electron chi connectivity index (χ3n) is 3.83. The van der Waals surface area contributed by atoms with Crippen LogP contribution in [0.3, 0.4) is 0 Å². The molecule has 0 aliphatic carbocycles. The van der Waals surface area contributed by atoms with E-state index in [1.807, 2.05) is 42.6 Å². The highest BCUT2D eigenvalue weighted by Gasteiger charge is 2.30. The van der Waals surface area contributed by atoms with Crippen LogP contribution < -0.4 is 4.90 Å². The summed E-state index contributed by atoms with van der Waals surface area (Å²) in [4.78, 5) is 26.9. The van der Waals surface area contributed by atoms with Gasteiger partial charge < -0.3 is 9.64 Å². The second-order valence-corrected chi connectivity index (χ2v) is 6.26. The fourth-order valence-electron chi connectivity index (χ4n) is 2.63. The van der Waals surface area contributed by atoms with Gasteiger partial charge in [-0.3, -0.25) is 4.79 Å². The molecule has 0 N–H and O–H groups in total. The predicted molar refractivity (Wildman–Crippen MR) is 86.4 cm³/mol. The first-order chi connectivity index (χ1) is 10.6. The van der Waals surface area contributed by atoms with Crippen LogP contribution in [-0.2, 0) is 16.0 Å². The van der Waals surface area contributed by atoms with Gasteiger partial charge in [0, 0.05) is 12.2 Å². The van der Waals surface area contributed by atoms with Crippen molar-refractivity contribution in [1.82, 2.24) is 0 Å². The zero-order chi connectivity index (χ0) is 15.7. The van der Waals surface area contributed by atoms with Gasteiger partial charge in [0.15, 0.2) is 6.10 Å². The number of hydrogen-bond acceptors (Lipinski definition) is 4. The van der Waals surface area contributed by atoms with Crippen LogP contribution in [0.5, 0.6) is 0 Å². The van der Waals surface area contributed by atoms with Gasteiger partial charge in [0.05, 0.1) is 0 Å². The Morgan fingerprint density at radius 2 is 2.05 bits per heavy atom. The molecule has 1 aromatic heterocycles.